The third-order valence-corrected chi connectivity index (χ3v) is 2.98. The molecule has 2 rings (SSSR count). The molecule has 3 N–H and O–H groups in total. The van der Waals surface area contributed by atoms with Crippen LogP contribution < -0.4 is 11.3 Å². The van der Waals surface area contributed by atoms with E-state index in [1.165, 1.54) is 5.56 Å². The van der Waals surface area contributed by atoms with Crippen LogP contribution in [0.5, 0.6) is 0 Å². The van der Waals surface area contributed by atoms with E-state index in [4.69, 9.17) is 5.84 Å². The molecule has 0 aliphatic rings. The van der Waals surface area contributed by atoms with Gasteiger partial charge < -0.3 is 4.57 Å². The molecule has 1 aromatic heterocycles. The Morgan fingerprint density at radius 2 is 2.12 bits per heavy atom. The minimum atomic E-state index is 0.141. The Morgan fingerprint density at radius 1 is 1.35 bits per heavy atom. The molecule has 17 heavy (non-hydrogen) atoms. The predicted octanol–water partition coefficient (Wildman–Crippen LogP) is 1.56. The lowest BCUT2D eigenvalue weighted by atomic mass is 10.0. The average molecular weight is 230 g/mol. The molecular formula is C13H18N4. The van der Waals surface area contributed by atoms with E-state index < -0.39 is 0 Å². The summed E-state index contributed by atoms with van der Waals surface area (Å²) in [7, 11) is 1.98. The summed E-state index contributed by atoms with van der Waals surface area (Å²) < 4.78 is 2.00. The van der Waals surface area contributed by atoms with Crippen molar-refractivity contribution >= 4 is 0 Å². The molecular weight excluding hydrogens is 212 g/mol. The van der Waals surface area contributed by atoms with Crippen molar-refractivity contribution in [1.29, 1.82) is 0 Å². The maximum absolute atomic E-state index is 5.61. The average Bonchev–Trinajstić information content (AvgIpc) is 2.78. The van der Waals surface area contributed by atoms with Crippen molar-refractivity contribution in [2.75, 3.05) is 0 Å². The quantitative estimate of drug-likeness (QED) is 0.605. The fourth-order valence-corrected chi connectivity index (χ4v) is 1.98. The van der Waals surface area contributed by atoms with Gasteiger partial charge >= 0.3 is 0 Å². The van der Waals surface area contributed by atoms with E-state index in [1.54, 1.807) is 6.33 Å². The highest BCUT2D eigenvalue weighted by atomic mass is 15.2. The van der Waals surface area contributed by atoms with Crippen LogP contribution in [0, 0.1) is 0 Å². The number of hydrogen-bond acceptors (Lipinski definition) is 3. The van der Waals surface area contributed by atoms with Gasteiger partial charge in [0, 0.05) is 13.2 Å². The van der Waals surface area contributed by atoms with Gasteiger partial charge in [-0.1, -0.05) is 30.3 Å². The smallest absolute Gasteiger partial charge is 0.0946 e. The van der Waals surface area contributed by atoms with Gasteiger partial charge in [-0.15, -0.1) is 0 Å². The zero-order valence-corrected chi connectivity index (χ0v) is 10.0. The third kappa shape index (κ3) is 2.93. The van der Waals surface area contributed by atoms with Gasteiger partial charge in [0.2, 0.25) is 0 Å². The highest BCUT2D eigenvalue weighted by molar-refractivity contribution is 5.15. The zero-order chi connectivity index (χ0) is 12.1. The van der Waals surface area contributed by atoms with E-state index >= 15 is 0 Å². The lowest BCUT2D eigenvalue weighted by molar-refractivity contribution is 0.491. The Kier molecular flexibility index (Phi) is 3.90. The van der Waals surface area contributed by atoms with Crippen LogP contribution in [0.4, 0.5) is 0 Å². The molecule has 0 spiro atoms. The van der Waals surface area contributed by atoms with Crippen LogP contribution in [0.3, 0.4) is 0 Å². The van der Waals surface area contributed by atoms with Crippen molar-refractivity contribution in [3.63, 3.8) is 0 Å². The van der Waals surface area contributed by atoms with Crippen LogP contribution in [-0.2, 0) is 13.5 Å². The van der Waals surface area contributed by atoms with Crippen LogP contribution in [0.1, 0.15) is 23.7 Å². The fraction of sp³-hybridized carbons (Fsp3) is 0.308. The Hall–Kier alpha value is -1.65. The van der Waals surface area contributed by atoms with Crippen LogP contribution in [-0.4, -0.2) is 9.55 Å². The number of rotatable bonds is 5. The van der Waals surface area contributed by atoms with E-state index in [9.17, 15) is 0 Å². The molecule has 0 radical (unpaired) electrons. The van der Waals surface area contributed by atoms with E-state index in [-0.39, 0.29) is 6.04 Å². The second-order valence-corrected chi connectivity index (χ2v) is 4.17. The summed E-state index contributed by atoms with van der Waals surface area (Å²) in [4.78, 5) is 4.11. The van der Waals surface area contributed by atoms with Gasteiger partial charge in [0.25, 0.3) is 0 Å². The number of nitrogens with two attached hydrogens (primary N) is 1. The summed E-state index contributed by atoms with van der Waals surface area (Å²) in [5.41, 5.74) is 5.30. The van der Waals surface area contributed by atoms with Crippen molar-refractivity contribution in [2.24, 2.45) is 12.9 Å². The fourth-order valence-electron chi connectivity index (χ4n) is 1.98. The first-order valence-corrected chi connectivity index (χ1v) is 5.77. The number of benzene rings is 1. The molecule has 0 amide bonds. The normalized spacial score (nSPS) is 12.6. The van der Waals surface area contributed by atoms with Gasteiger partial charge in [-0.05, 0) is 18.4 Å². The van der Waals surface area contributed by atoms with Crippen molar-refractivity contribution in [3.8, 4) is 0 Å². The molecule has 1 aromatic carbocycles. The maximum atomic E-state index is 5.61. The first kappa shape index (κ1) is 11.8. The Bertz CT molecular complexity index is 449. The topological polar surface area (TPSA) is 55.9 Å². The summed E-state index contributed by atoms with van der Waals surface area (Å²) in [6.07, 6.45) is 5.61. The summed E-state index contributed by atoms with van der Waals surface area (Å²) >= 11 is 0. The number of aryl methyl sites for hydroxylation is 2. The lowest BCUT2D eigenvalue weighted by Gasteiger charge is -2.16. The highest BCUT2D eigenvalue weighted by Gasteiger charge is 2.12. The largest absolute Gasteiger partial charge is 0.336 e. The lowest BCUT2D eigenvalue weighted by Crippen LogP contribution is -2.29. The molecule has 1 atom stereocenters. The summed E-state index contributed by atoms with van der Waals surface area (Å²) in [5, 5.41) is 0. The van der Waals surface area contributed by atoms with Crippen LogP contribution in [0.2, 0.25) is 0 Å². The third-order valence-electron chi connectivity index (χ3n) is 2.98. The molecule has 0 aliphatic carbocycles. The molecule has 90 valence electrons. The molecule has 4 heteroatoms. The molecule has 2 aromatic rings. The minimum absolute atomic E-state index is 0.141. The van der Waals surface area contributed by atoms with Crippen LogP contribution >= 0.6 is 0 Å². The standard InChI is InChI=1S/C13H18N4/c1-17-10-15-9-13(17)12(16-14)8-7-11-5-3-2-4-6-11/h2-6,9-10,12,16H,7-8,14H2,1H3. The molecule has 1 unspecified atom stereocenters. The summed E-state index contributed by atoms with van der Waals surface area (Å²) in [6, 6.07) is 10.6. The van der Waals surface area contributed by atoms with Crippen LogP contribution in [0.15, 0.2) is 42.9 Å². The van der Waals surface area contributed by atoms with E-state index in [0.717, 1.165) is 18.5 Å². The SMILES string of the molecule is Cn1cncc1C(CCc1ccccc1)NN. The molecule has 0 fully saturated rings. The second kappa shape index (κ2) is 5.61. The molecule has 0 saturated carbocycles. The molecule has 0 bridgehead atoms. The summed E-state index contributed by atoms with van der Waals surface area (Å²) in [5.74, 6) is 5.61. The Balaban J connectivity index is 2.00. The number of imidazole rings is 1. The summed E-state index contributed by atoms with van der Waals surface area (Å²) in [6.45, 7) is 0. The number of nitrogens with zero attached hydrogens (tertiary/aromatic N) is 2. The van der Waals surface area contributed by atoms with Crippen molar-refractivity contribution in [1.82, 2.24) is 15.0 Å². The van der Waals surface area contributed by atoms with Crippen LogP contribution in [0.25, 0.3) is 0 Å². The van der Waals surface area contributed by atoms with Gasteiger partial charge in [-0.3, -0.25) is 11.3 Å². The first-order valence-electron chi connectivity index (χ1n) is 5.77. The van der Waals surface area contributed by atoms with E-state index in [2.05, 4.69) is 34.7 Å². The second-order valence-electron chi connectivity index (χ2n) is 4.17. The maximum Gasteiger partial charge on any atom is 0.0946 e. The first-order chi connectivity index (χ1) is 8.31. The van der Waals surface area contributed by atoms with Crippen molar-refractivity contribution in [2.45, 2.75) is 18.9 Å². The van der Waals surface area contributed by atoms with Gasteiger partial charge in [0.05, 0.1) is 18.1 Å². The number of nitrogens with one attached hydrogen (secondary N) is 1. The number of hydrazine groups is 1. The molecule has 4 nitrogen and oxygen atoms in total. The number of aromatic nitrogens is 2. The van der Waals surface area contributed by atoms with E-state index in [0.29, 0.717) is 0 Å². The Labute approximate surface area is 101 Å². The predicted molar refractivity (Wildman–Crippen MR) is 68.0 cm³/mol. The molecule has 0 aliphatic heterocycles. The van der Waals surface area contributed by atoms with Gasteiger partial charge in [-0.25, -0.2) is 4.98 Å². The van der Waals surface area contributed by atoms with Gasteiger partial charge in [-0.2, -0.15) is 0 Å². The Morgan fingerprint density at radius 3 is 2.71 bits per heavy atom. The minimum Gasteiger partial charge on any atom is -0.336 e. The van der Waals surface area contributed by atoms with Crippen molar-refractivity contribution in [3.05, 3.63) is 54.1 Å². The molecule has 0 saturated heterocycles. The van der Waals surface area contributed by atoms with Crippen molar-refractivity contribution < 1.29 is 0 Å². The van der Waals surface area contributed by atoms with Gasteiger partial charge in [0.15, 0.2) is 0 Å². The van der Waals surface area contributed by atoms with Gasteiger partial charge in [0.1, 0.15) is 0 Å². The number of hydrogen-bond donors (Lipinski definition) is 2. The molecule has 1 heterocycles. The monoisotopic (exact) mass is 230 g/mol. The highest BCUT2D eigenvalue weighted by Crippen LogP contribution is 2.17. The zero-order valence-electron chi connectivity index (χ0n) is 10.0. The van der Waals surface area contributed by atoms with E-state index in [1.807, 2.05) is 23.9 Å².